The summed E-state index contributed by atoms with van der Waals surface area (Å²) in [6.45, 7) is 0.0390. The van der Waals surface area contributed by atoms with E-state index in [0.29, 0.717) is 5.56 Å². The van der Waals surface area contributed by atoms with E-state index in [4.69, 9.17) is 5.11 Å². The summed E-state index contributed by atoms with van der Waals surface area (Å²) in [4.78, 5) is 10.9. The molecule has 3 nitrogen and oxygen atoms in total. The number of carbonyl (C=O) groups is 1. The summed E-state index contributed by atoms with van der Waals surface area (Å²) < 4.78 is 0. The van der Waals surface area contributed by atoms with E-state index in [2.05, 4.69) is 0 Å². The maximum atomic E-state index is 10.9. The summed E-state index contributed by atoms with van der Waals surface area (Å²) in [6, 6.07) is 6.91. The molecule has 0 amide bonds. The molecule has 0 spiro atoms. The fourth-order valence-electron chi connectivity index (χ4n) is 1.80. The molecule has 0 bridgehead atoms. The highest BCUT2D eigenvalue weighted by Gasteiger charge is 2.45. The Morgan fingerprint density at radius 1 is 1.36 bits per heavy atom. The minimum atomic E-state index is -0.916. The molecule has 74 valence electrons. The lowest BCUT2D eigenvalue weighted by atomic mass is 9.92. The fourth-order valence-corrected chi connectivity index (χ4v) is 1.80. The predicted molar refractivity (Wildman–Crippen MR) is 51.4 cm³/mol. The quantitative estimate of drug-likeness (QED) is 0.761. The maximum absolute atomic E-state index is 10.9. The number of carboxylic acid groups (broad SMARTS) is 1. The second-order valence-corrected chi connectivity index (χ2v) is 3.79. The zero-order valence-electron chi connectivity index (χ0n) is 7.73. The van der Waals surface area contributed by atoms with Gasteiger partial charge in [0.05, 0.1) is 12.2 Å². The molecule has 1 aromatic rings. The third-order valence-electron chi connectivity index (χ3n) is 2.89. The second kappa shape index (κ2) is 3.10. The molecule has 0 radical (unpaired) electrons. The van der Waals surface area contributed by atoms with E-state index in [9.17, 15) is 9.90 Å². The number of aromatic carboxylic acids is 1. The number of rotatable bonds is 3. The molecule has 1 aliphatic carbocycles. The molecule has 0 aromatic heterocycles. The zero-order chi connectivity index (χ0) is 10.2. The van der Waals surface area contributed by atoms with E-state index < -0.39 is 5.97 Å². The lowest BCUT2D eigenvalue weighted by molar-refractivity contribution is 0.0694. The summed E-state index contributed by atoms with van der Waals surface area (Å²) in [7, 11) is 0. The van der Waals surface area contributed by atoms with Crippen LogP contribution in [-0.4, -0.2) is 22.8 Å². The van der Waals surface area contributed by atoms with E-state index in [0.717, 1.165) is 18.4 Å². The SMILES string of the molecule is O=C(O)c1ccccc1C1(CO)CC1. The van der Waals surface area contributed by atoms with Gasteiger partial charge in [0.25, 0.3) is 0 Å². The van der Waals surface area contributed by atoms with Gasteiger partial charge in [-0.3, -0.25) is 0 Å². The van der Waals surface area contributed by atoms with Crippen molar-refractivity contribution in [3.05, 3.63) is 35.4 Å². The Kier molecular flexibility index (Phi) is 2.04. The molecular weight excluding hydrogens is 180 g/mol. The molecule has 0 atom stereocenters. The molecule has 1 aliphatic rings. The second-order valence-electron chi connectivity index (χ2n) is 3.79. The van der Waals surface area contributed by atoms with Gasteiger partial charge in [-0.1, -0.05) is 18.2 Å². The Labute approximate surface area is 82.0 Å². The average molecular weight is 192 g/mol. The van der Waals surface area contributed by atoms with Crippen LogP contribution in [0.4, 0.5) is 0 Å². The van der Waals surface area contributed by atoms with Crippen molar-refractivity contribution in [1.82, 2.24) is 0 Å². The van der Waals surface area contributed by atoms with Gasteiger partial charge in [-0.05, 0) is 24.5 Å². The molecule has 1 aromatic carbocycles. The van der Waals surface area contributed by atoms with Crippen LogP contribution >= 0.6 is 0 Å². The summed E-state index contributed by atoms with van der Waals surface area (Å²) in [5.41, 5.74) is 0.823. The van der Waals surface area contributed by atoms with Gasteiger partial charge in [0.2, 0.25) is 0 Å². The van der Waals surface area contributed by atoms with Crippen molar-refractivity contribution in [2.45, 2.75) is 18.3 Å². The van der Waals surface area contributed by atoms with Crippen molar-refractivity contribution >= 4 is 5.97 Å². The van der Waals surface area contributed by atoms with Crippen LogP contribution in [-0.2, 0) is 5.41 Å². The minimum Gasteiger partial charge on any atom is -0.478 e. The van der Waals surface area contributed by atoms with Gasteiger partial charge in [-0.25, -0.2) is 4.79 Å². The fraction of sp³-hybridized carbons (Fsp3) is 0.364. The first-order chi connectivity index (χ1) is 6.69. The van der Waals surface area contributed by atoms with Gasteiger partial charge in [0.1, 0.15) is 0 Å². The van der Waals surface area contributed by atoms with Crippen LogP contribution in [0.25, 0.3) is 0 Å². The third-order valence-corrected chi connectivity index (χ3v) is 2.89. The molecular formula is C11H12O3. The van der Waals surface area contributed by atoms with Crippen molar-refractivity contribution in [3.8, 4) is 0 Å². The highest BCUT2D eigenvalue weighted by atomic mass is 16.4. The Morgan fingerprint density at radius 3 is 2.50 bits per heavy atom. The Bertz CT molecular complexity index is 367. The van der Waals surface area contributed by atoms with Crippen molar-refractivity contribution in [2.24, 2.45) is 0 Å². The van der Waals surface area contributed by atoms with E-state index in [-0.39, 0.29) is 12.0 Å². The molecule has 1 fully saturated rings. The molecule has 2 rings (SSSR count). The van der Waals surface area contributed by atoms with Crippen LogP contribution in [0.15, 0.2) is 24.3 Å². The van der Waals surface area contributed by atoms with E-state index in [1.165, 1.54) is 0 Å². The largest absolute Gasteiger partial charge is 0.478 e. The Hall–Kier alpha value is -1.35. The van der Waals surface area contributed by atoms with Crippen molar-refractivity contribution in [1.29, 1.82) is 0 Å². The van der Waals surface area contributed by atoms with E-state index in [1.807, 2.05) is 6.07 Å². The number of benzene rings is 1. The number of carboxylic acids is 1. The third kappa shape index (κ3) is 1.30. The van der Waals surface area contributed by atoms with Gasteiger partial charge in [-0.2, -0.15) is 0 Å². The number of aliphatic hydroxyl groups is 1. The standard InChI is InChI=1S/C11H12O3/c12-7-11(5-6-11)9-4-2-1-3-8(9)10(13)14/h1-4,12H,5-7H2,(H,13,14). The van der Waals surface area contributed by atoms with Crippen LogP contribution in [0.5, 0.6) is 0 Å². The van der Waals surface area contributed by atoms with Crippen molar-refractivity contribution in [3.63, 3.8) is 0 Å². The van der Waals surface area contributed by atoms with Gasteiger partial charge >= 0.3 is 5.97 Å². The molecule has 0 saturated heterocycles. The first-order valence-electron chi connectivity index (χ1n) is 4.63. The number of hydrogen-bond acceptors (Lipinski definition) is 2. The topological polar surface area (TPSA) is 57.5 Å². The van der Waals surface area contributed by atoms with E-state index >= 15 is 0 Å². The van der Waals surface area contributed by atoms with Crippen molar-refractivity contribution < 1.29 is 15.0 Å². The van der Waals surface area contributed by atoms with Crippen LogP contribution < -0.4 is 0 Å². The average Bonchev–Trinajstić information content (AvgIpc) is 2.98. The van der Waals surface area contributed by atoms with Crippen LogP contribution in [0.1, 0.15) is 28.8 Å². The highest BCUT2D eigenvalue weighted by Crippen LogP contribution is 2.48. The number of hydrogen-bond donors (Lipinski definition) is 2. The number of aliphatic hydroxyl groups excluding tert-OH is 1. The molecule has 0 aliphatic heterocycles. The first-order valence-corrected chi connectivity index (χ1v) is 4.63. The molecule has 0 heterocycles. The molecule has 0 unspecified atom stereocenters. The van der Waals surface area contributed by atoms with Crippen LogP contribution in [0.3, 0.4) is 0 Å². The zero-order valence-corrected chi connectivity index (χ0v) is 7.73. The summed E-state index contributed by atoms with van der Waals surface area (Å²) in [5.74, 6) is -0.916. The summed E-state index contributed by atoms with van der Waals surface area (Å²) in [5, 5.41) is 18.2. The first kappa shape index (κ1) is 9.21. The smallest absolute Gasteiger partial charge is 0.335 e. The van der Waals surface area contributed by atoms with Gasteiger partial charge < -0.3 is 10.2 Å². The van der Waals surface area contributed by atoms with Gasteiger partial charge in [0, 0.05) is 5.41 Å². The Balaban J connectivity index is 2.47. The predicted octanol–water partition coefficient (Wildman–Crippen LogP) is 1.41. The summed E-state index contributed by atoms with van der Waals surface area (Å²) in [6.07, 6.45) is 1.77. The van der Waals surface area contributed by atoms with Gasteiger partial charge in [0.15, 0.2) is 0 Å². The molecule has 2 N–H and O–H groups in total. The van der Waals surface area contributed by atoms with Gasteiger partial charge in [-0.15, -0.1) is 0 Å². The Morgan fingerprint density at radius 2 is 2.00 bits per heavy atom. The molecule has 3 heteroatoms. The van der Waals surface area contributed by atoms with Crippen LogP contribution in [0, 0.1) is 0 Å². The van der Waals surface area contributed by atoms with Crippen LogP contribution in [0.2, 0.25) is 0 Å². The lowest BCUT2D eigenvalue weighted by Crippen LogP contribution is -2.16. The highest BCUT2D eigenvalue weighted by molar-refractivity contribution is 5.90. The normalized spacial score (nSPS) is 17.8. The maximum Gasteiger partial charge on any atom is 0.335 e. The minimum absolute atomic E-state index is 0.0390. The van der Waals surface area contributed by atoms with E-state index in [1.54, 1.807) is 18.2 Å². The lowest BCUT2D eigenvalue weighted by Gasteiger charge is -2.14. The summed E-state index contributed by atoms with van der Waals surface area (Å²) >= 11 is 0. The monoisotopic (exact) mass is 192 g/mol. The molecule has 14 heavy (non-hydrogen) atoms. The van der Waals surface area contributed by atoms with Crippen molar-refractivity contribution in [2.75, 3.05) is 6.61 Å². The molecule has 1 saturated carbocycles.